The lowest BCUT2D eigenvalue weighted by Gasteiger charge is -2.09. The van der Waals surface area contributed by atoms with Crippen LogP contribution in [-0.2, 0) is 0 Å². The van der Waals surface area contributed by atoms with Gasteiger partial charge in [0.15, 0.2) is 5.65 Å². The van der Waals surface area contributed by atoms with E-state index in [1.54, 1.807) is 12.1 Å². The number of nitrogens with one attached hydrogen (secondary N) is 1. The molecule has 0 saturated carbocycles. The molecule has 3 aromatic rings. The van der Waals surface area contributed by atoms with Gasteiger partial charge < -0.3 is 9.88 Å². The zero-order valence-electron chi connectivity index (χ0n) is 11.0. The molecule has 0 radical (unpaired) electrons. The first kappa shape index (κ1) is 12.9. The minimum Gasteiger partial charge on any atom is -0.363 e. The number of hydrogen-bond donors (Lipinski definition) is 1. The molecule has 0 saturated heterocycles. The number of imidazole rings is 1. The van der Waals surface area contributed by atoms with Gasteiger partial charge in [-0.2, -0.15) is 0 Å². The lowest BCUT2D eigenvalue weighted by atomic mass is 10.2. The van der Waals surface area contributed by atoms with Crippen molar-refractivity contribution in [1.82, 2.24) is 15.0 Å². The standard InChI is InChI=1S/C14H12ClFN4/c1-20(2)12-6-5-11-14(18-12)19-13(17-11)8-3-4-10(16)9(15)7-8/h3-7H,1-2H3,(H,17,18,19). The molecule has 102 valence electrons. The highest BCUT2D eigenvalue weighted by atomic mass is 35.5. The van der Waals surface area contributed by atoms with E-state index in [0.717, 1.165) is 16.9 Å². The predicted molar refractivity (Wildman–Crippen MR) is 78.6 cm³/mol. The molecule has 20 heavy (non-hydrogen) atoms. The second kappa shape index (κ2) is 4.76. The molecule has 6 heteroatoms. The summed E-state index contributed by atoms with van der Waals surface area (Å²) in [6.45, 7) is 0. The van der Waals surface area contributed by atoms with E-state index in [0.29, 0.717) is 11.5 Å². The molecule has 0 fully saturated rings. The van der Waals surface area contributed by atoms with Crippen molar-refractivity contribution in [3.05, 3.63) is 41.2 Å². The van der Waals surface area contributed by atoms with Gasteiger partial charge in [-0.05, 0) is 30.3 Å². The molecule has 0 aliphatic rings. The van der Waals surface area contributed by atoms with Crippen LogP contribution >= 0.6 is 11.6 Å². The Balaban J connectivity index is 2.10. The highest BCUT2D eigenvalue weighted by Crippen LogP contribution is 2.25. The third kappa shape index (κ3) is 2.20. The molecule has 0 aliphatic heterocycles. The average molecular weight is 291 g/mol. The lowest BCUT2D eigenvalue weighted by Crippen LogP contribution is -2.10. The number of benzene rings is 1. The SMILES string of the molecule is CN(C)c1ccc2[nH]c(-c3ccc(F)c(Cl)c3)nc2n1. The van der Waals surface area contributed by atoms with E-state index < -0.39 is 5.82 Å². The summed E-state index contributed by atoms with van der Waals surface area (Å²) in [4.78, 5) is 13.9. The Hall–Kier alpha value is -2.14. The first-order valence-electron chi connectivity index (χ1n) is 6.04. The average Bonchev–Trinajstić information content (AvgIpc) is 2.84. The van der Waals surface area contributed by atoms with Crippen LogP contribution in [0.3, 0.4) is 0 Å². The van der Waals surface area contributed by atoms with Gasteiger partial charge in [-0.3, -0.25) is 0 Å². The van der Waals surface area contributed by atoms with Crippen LogP contribution in [0.15, 0.2) is 30.3 Å². The van der Waals surface area contributed by atoms with E-state index in [4.69, 9.17) is 11.6 Å². The number of H-pyrrole nitrogens is 1. The van der Waals surface area contributed by atoms with E-state index in [2.05, 4.69) is 15.0 Å². The van der Waals surface area contributed by atoms with E-state index in [9.17, 15) is 4.39 Å². The molecule has 2 aromatic heterocycles. The van der Waals surface area contributed by atoms with Crippen LogP contribution in [0.25, 0.3) is 22.6 Å². The molecule has 1 aromatic carbocycles. The number of hydrogen-bond acceptors (Lipinski definition) is 3. The van der Waals surface area contributed by atoms with Crippen LogP contribution in [-0.4, -0.2) is 29.0 Å². The quantitative estimate of drug-likeness (QED) is 0.786. The Bertz CT molecular complexity index is 782. The van der Waals surface area contributed by atoms with Gasteiger partial charge in [-0.25, -0.2) is 14.4 Å². The van der Waals surface area contributed by atoms with Gasteiger partial charge >= 0.3 is 0 Å². The summed E-state index contributed by atoms with van der Waals surface area (Å²) >= 11 is 5.79. The van der Waals surface area contributed by atoms with Crippen molar-refractivity contribution in [3.8, 4) is 11.4 Å². The van der Waals surface area contributed by atoms with Crippen molar-refractivity contribution >= 4 is 28.6 Å². The van der Waals surface area contributed by atoms with Gasteiger partial charge in [0, 0.05) is 19.7 Å². The summed E-state index contributed by atoms with van der Waals surface area (Å²) in [5.74, 6) is 0.998. The molecule has 0 atom stereocenters. The molecule has 0 amide bonds. The minimum atomic E-state index is -0.445. The first-order chi connectivity index (χ1) is 9.54. The number of nitrogens with zero attached hydrogens (tertiary/aromatic N) is 3. The van der Waals surface area contributed by atoms with Crippen molar-refractivity contribution < 1.29 is 4.39 Å². The van der Waals surface area contributed by atoms with Crippen LogP contribution in [0.1, 0.15) is 0 Å². The van der Waals surface area contributed by atoms with Crippen molar-refractivity contribution in [2.24, 2.45) is 0 Å². The Morgan fingerprint density at radius 3 is 2.65 bits per heavy atom. The Labute approximate surface area is 120 Å². The largest absolute Gasteiger partial charge is 0.363 e. The van der Waals surface area contributed by atoms with Crippen molar-refractivity contribution in [2.75, 3.05) is 19.0 Å². The van der Waals surface area contributed by atoms with Crippen LogP contribution in [0.4, 0.5) is 10.2 Å². The van der Waals surface area contributed by atoms with Crippen LogP contribution in [0.5, 0.6) is 0 Å². The number of aromatic amines is 1. The number of rotatable bonds is 2. The molecular weight excluding hydrogens is 279 g/mol. The number of fused-ring (bicyclic) bond motifs is 1. The van der Waals surface area contributed by atoms with Crippen molar-refractivity contribution in [1.29, 1.82) is 0 Å². The number of anilines is 1. The lowest BCUT2D eigenvalue weighted by molar-refractivity contribution is 0.628. The zero-order valence-corrected chi connectivity index (χ0v) is 11.7. The molecule has 2 heterocycles. The maximum absolute atomic E-state index is 13.2. The van der Waals surface area contributed by atoms with Crippen LogP contribution in [0.2, 0.25) is 5.02 Å². The normalized spacial score (nSPS) is 11.0. The highest BCUT2D eigenvalue weighted by Gasteiger charge is 2.09. The number of halogens is 2. The Morgan fingerprint density at radius 2 is 1.95 bits per heavy atom. The summed E-state index contributed by atoms with van der Waals surface area (Å²) in [5, 5.41) is 0.0740. The molecule has 0 unspecified atom stereocenters. The van der Waals surface area contributed by atoms with Gasteiger partial charge in [-0.15, -0.1) is 0 Å². The van der Waals surface area contributed by atoms with E-state index >= 15 is 0 Å². The molecule has 4 nitrogen and oxygen atoms in total. The topological polar surface area (TPSA) is 44.8 Å². The fraction of sp³-hybridized carbons (Fsp3) is 0.143. The fourth-order valence-corrected chi connectivity index (χ4v) is 2.09. The molecule has 1 N–H and O–H groups in total. The Morgan fingerprint density at radius 1 is 1.15 bits per heavy atom. The van der Waals surface area contributed by atoms with Crippen LogP contribution < -0.4 is 4.90 Å². The highest BCUT2D eigenvalue weighted by molar-refractivity contribution is 6.31. The molecule has 3 rings (SSSR count). The molecule has 0 spiro atoms. The summed E-state index contributed by atoms with van der Waals surface area (Å²) in [6, 6.07) is 8.32. The van der Waals surface area contributed by atoms with Crippen LogP contribution in [0, 0.1) is 5.82 Å². The van der Waals surface area contributed by atoms with Gasteiger partial charge in [0.25, 0.3) is 0 Å². The molecule has 0 bridgehead atoms. The molecule has 0 aliphatic carbocycles. The van der Waals surface area contributed by atoms with E-state index in [1.807, 2.05) is 31.1 Å². The van der Waals surface area contributed by atoms with Crippen molar-refractivity contribution in [2.45, 2.75) is 0 Å². The molecular formula is C14H12ClFN4. The zero-order chi connectivity index (χ0) is 14.3. The third-order valence-electron chi connectivity index (χ3n) is 2.98. The second-order valence-corrected chi connectivity index (χ2v) is 5.06. The summed E-state index contributed by atoms with van der Waals surface area (Å²) in [7, 11) is 3.84. The Kier molecular flexibility index (Phi) is 3.06. The summed E-state index contributed by atoms with van der Waals surface area (Å²) in [6.07, 6.45) is 0. The smallest absolute Gasteiger partial charge is 0.180 e. The van der Waals surface area contributed by atoms with Gasteiger partial charge in [-0.1, -0.05) is 11.6 Å². The van der Waals surface area contributed by atoms with E-state index in [1.165, 1.54) is 6.07 Å². The summed E-state index contributed by atoms with van der Waals surface area (Å²) < 4.78 is 13.2. The van der Waals surface area contributed by atoms with Gasteiger partial charge in [0.2, 0.25) is 0 Å². The number of pyridine rings is 1. The maximum atomic E-state index is 13.2. The fourth-order valence-electron chi connectivity index (χ4n) is 1.91. The summed E-state index contributed by atoms with van der Waals surface area (Å²) in [5.41, 5.74) is 2.17. The van der Waals surface area contributed by atoms with Gasteiger partial charge in [0.1, 0.15) is 17.5 Å². The van der Waals surface area contributed by atoms with Gasteiger partial charge in [0.05, 0.1) is 10.5 Å². The monoisotopic (exact) mass is 290 g/mol. The maximum Gasteiger partial charge on any atom is 0.180 e. The second-order valence-electron chi connectivity index (χ2n) is 4.65. The first-order valence-corrected chi connectivity index (χ1v) is 6.42. The minimum absolute atomic E-state index is 0.0740. The van der Waals surface area contributed by atoms with E-state index in [-0.39, 0.29) is 5.02 Å². The van der Waals surface area contributed by atoms with Crippen molar-refractivity contribution in [3.63, 3.8) is 0 Å². The predicted octanol–water partition coefficient (Wildman–Crippen LogP) is 3.48. The third-order valence-corrected chi connectivity index (χ3v) is 3.27. The number of aromatic nitrogens is 3.